The third kappa shape index (κ3) is 22.0. The number of methoxy groups -OCH3 is 1. The Balaban J connectivity index is 0.000000147. The lowest BCUT2D eigenvalue weighted by atomic mass is 10.0. The van der Waals surface area contributed by atoms with Gasteiger partial charge in [-0.2, -0.15) is 0 Å². The highest BCUT2D eigenvalue weighted by atomic mass is 32.2. The Bertz CT molecular complexity index is 6300. The van der Waals surface area contributed by atoms with Crippen LogP contribution in [0.15, 0.2) is 220 Å². The number of carbonyl (C=O) groups excluding carboxylic acids is 3. The number of pyridine rings is 4. The number of nitrogens with two attached hydrogens (primary N) is 4. The molecule has 12 heterocycles. The van der Waals surface area contributed by atoms with Crippen LogP contribution in [0.4, 0.5) is 22.7 Å². The number of nitrogens with zero attached hydrogens (tertiary/aromatic N) is 5. The van der Waals surface area contributed by atoms with Crippen molar-refractivity contribution < 1.29 is 50.5 Å². The van der Waals surface area contributed by atoms with Gasteiger partial charge in [0.1, 0.15) is 46.9 Å². The van der Waals surface area contributed by atoms with E-state index >= 15 is 0 Å². The van der Waals surface area contributed by atoms with Crippen LogP contribution in [0.2, 0.25) is 0 Å². The Morgan fingerprint density at radius 2 is 0.744 bits per heavy atom. The van der Waals surface area contributed by atoms with Gasteiger partial charge in [-0.05, 0) is 154 Å². The number of fused-ring (bicyclic) bond motifs is 4. The maximum absolute atomic E-state index is 13.0. The van der Waals surface area contributed by atoms with E-state index in [1.807, 2.05) is 137 Å². The number of nitrogen functional groups attached to an aromatic ring is 4. The molecular formula is C89H87N9O11S12. The number of benzene rings is 4. The van der Waals surface area contributed by atoms with E-state index in [1.165, 1.54) is 77.6 Å². The van der Waals surface area contributed by atoms with Crippen molar-refractivity contribution in [2.45, 2.75) is 90.0 Å². The number of aliphatic hydroxyl groups is 1. The first-order valence-corrected chi connectivity index (χ1v) is 50.1. The second kappa shape index (κ2) is 43.3. The predicted molar refractivity (Wildman–Crippen MR) is 510 cm³/mol. The molecule has 0 aliphatic rings. The Morgan fingerprint density at radius 3 is 1.07 bits per heavy atom. The number of anilines is 4. The number of carbonyl (C=O) groups is 3. The number of hydrogen-bond donors (Lipinski definition) is 5. The lowest BCUT2D eigenvalue weighted by Gasteiger charge is -2.08. The standard InChI is InChI=1S/C23H22N2O3S3.C22H21N3O3S3.C22H20N2O3S3.C21H20N2O2S3.CH4/c1-15(26)28-11-5-6-13-31(27)23-21(24)20-17(16-8-3-2-4-9-16)14-18(25-22(20)30-23)19-10-7-12-29-19;1-3-4-11-31(27)22-18(23)17-15(13-5-7-14(8-6-13)21(26)28-2)12-16(25-20(17)30-22)19-24-9-10-29-19;1-14(25)27-10-6-12-30(26)22-20(23)19-16(15-7-3-2-4-8-15)13-17(24-21(19)29-22)18-9-5-11-28-18;22-19-18-15(14-7-2-1-3-8-14)13-16(17-9-6-11-26-17)23-20(18)27-21(19)28(25)12-5-4-10-24;/h2-4,7-10,12,14H,5-6,11,13,24H2,1H3;5-10,12H,3-4,11,23H2,1-2H3;2-5,7-9,11,13H,6,10,12,23H2,1H3;1-3,6-9,11,13,24H,4-5,10,12,22H2;1H4. The van der Waals surface area contributed by atoms with Gasteiger partial charge in [-0.25, -0.2) is 29.7 Å². The van der Waals surface area contributed by atoms with Crippen LogP contribution in [0.1, 0.15) is 83.5 Å². The molecule has 16 rings (SSSR count). The molecule has 0 radical (unpaired) electrons. The molecule has 0 bridgehead atoms. The predicted octanol–water partition coefficient (Wildman–Crippen LogP) is 22.2. The fourth-order valence-corrected chi connectivity index (χ4v) is 26.3. The molecule has 32 heteroatoms. The fourth-order valence-electron chi connectivity index (χ4n) is 12.8. The topological polar surface area (TPSA) is 336 Å². The summed E-state index contributed by atoms with van der Waals surface area (Å²) in [6.45, 7) is 5.54. The SMILES string of the molecule is C.CC(=O)OCCCCS(=O)c1sc2nc(-c3cccs3)cc(-c3ccccc3)c2c1N.CC(=O)OCCCS(=O)c1sc2nc(-c3cccs3)cc(-c3ccccc3)c2c1N.CCCCS(=O)c1sc2nc(-c3nccs3)cc(-c3ccc(C(=O)OC)cc3)c2c1N.Nc1c(S(=O)CCCCO)sc2nc(-c3cccs3)cc(-c3ccccc3)c12. The Labute approximate surface area is 743 Å². The van der Waals surface area contributed by atoms with Crippen LogP contribution in [-0.2, 0) is 67.0 Å². The van der Waals surface area contributed by atoms with Crippen LogP contribution in [0.3, 0.4) is 0 Å². The molecule has 0 spiro atoms. The highest BCUT2D eigenvalue weighted by Crippen LogP contribution is 2.48. The minimum atomic E-state index is -1.29. The Morgan fingerprint density at radius 1 is 0.405 bits per heavy atom. The maximum atomic E-state index is 13.0. The molecule has 4 aromatic carbocycles. The molecule has 0 amide bonds. The second-order valence-electron chi connectivity index (χ2n) is 26.8. The first kappa shape index (κ1) is 90.5. The number of ether oxygens (including phenoxy) is 3. The van der Waals surface area contributed by atoms with Gasteiger partial charge in [0.25, 0.3) is 0 Å². The van der Waals surface area contributed by atoms with Gasteiger partial charge in [0, 0.05) is 76.6 Å². The second-order valence-corrected chi connectivity index (χ2v) is 41.6. The number of unbranched alkanes of at least 4 members (excludes halogenated alkanes) is 3. The molecule has 12 aromatic heterocycles. The highest BCUT2D eigenvalue weighted by Gasteiger charge is 2.27. The highest BCUT2D eigenvalue weighted by molar-refractivity contribution is 7.88. The van der Waals surface area contributed by atoms with Crippen LogP contribution in [0, 0.1) is 0 Å². The normalized spacial score (nSPS) is 12.1. The molecule has 0 saturated heterocycles. The third-order valence-corrected chi connectivity index (χ3v) is 34.0. The minimum Gasteiger partial charge on any atom is -0.466 e. The molecule has 16 aromatic rings. The van der Waals surface area contributed by atoms with E-state index in [4.69, 9.17) is 62.2 Å². The van der Waals surface area contributed by atoms with E-state index in [0.717, 1.165) is 141 Å². The summed E-state index contributed by atoms with van der Waals surface area (Å²) in [4.78, 5) is 63.7. The Hall–Kier alpha value is -9.78. The average Bonchev–Trinajstić information content (AvgIpc) is 1.64. The number of esters is 3. The largest absolute Gasteiger partial charge is 0.466 e. The Kier molecular flexibility index (Phi) is 32.4. The van der Waals surface area contributed by atoms with Gasteiger partial charge in [-0.15, -0.1) is 90.7 Å². The van der Waals surface area contributed by atoms with Crippen LogP contribution in [0.25, 0.3) is 128 Å². The molecule has 0 saturated carbocycles. The molecule has 0 aliphatic heterocycles. The molecule has 4 unspecified atom stereocenters. The zero-order chi connectivity index (χ0) is 84.3. The maximum Gasteiger partial charge on any atom is 0.337 e. The van der Waals surface area contributed by atoms with E-state index in [9.17, 15) is 31.2 Å². The fraction of sp³-hybridized carbons (Fsp3) is 0.213. The van der Waals surface area contributed by atoms with Gasteiger partial charge in [-0.3, -0.25) is 26.4 Å². The summed E-state index contributed by atoms with van der Waals surface area (Å²) in [5.41, 5.74) is 39.9. The van der Waals surface area contributed by atoms with E-state index in [0.29, 0.717) is 107 Å². The molecule has 20 nitrogen and oxygen atoms in total. The molecular weight excluding hydrogens is 1760 g/mol. The monoisotopic (exact) mass is 1840 g/mol. The zero-order valence-electron chi connectivity index (χ0n) is 65.5. The lowest BCUT2D eigenvalue weighted by Crippen LogP contribution is -2.06. The average molecular weight is 1840 g/mol. The van der Waals surface area contributed by atoms with Crippen molar-refractivity contribution in [1.29, 1.82) is 0 Å². The summed E-state index contributed by atoms with van der Waals surface area (Å²) in [6, 6.07) is 57.7. The quantitative estimate of drug-likeness (QED) is 0.0165. The van der Waals surface area contributed by atoms with Crippen LogP contribution < -0.4 is 22.9 Å². The molecule has 626 valence electrons. The number of aliphatic hydroxyl groups excluding tert-OH is 1. The molecule has 0 aliphatic carbocycles. The first-order valence-electron chi connectivity index (χ1n) is 38.0. The van der Waals surface area contributed by atoms with E-state index < -0.39 is 49.2 Å². The van der Waals surface area contributed by atoms with Crippen molar-refractivity contribution >= 4 is 215 Å². The van der Waals surface area contributed by atoms with Gasteiger partial charge in [0.15, 0.2) is 0 Å². The van der Waals surface area contributed by atoms with Crippen molar-refractivity contribution in [2.75, 3.05) is 72.9 Å². The third-order valence-electron chi connectivity index (χ3n) is 18.6. The van der Waals surface area contributed by atoms with Crippen molar-refractivity contribution in [3.63, 3.8) is 0 Å². The van der Waals surface area contributed by atoms with Crippen molar-refractivity contribution in [3.05, 3.63) is 209 Å². The van der Waals surface area contributed by atoms with E-state index in [1.54, 1.807) is 52.3 Å². The lowest BCUT2D eigenvalue weighted by molar-refractivity contribution is -0.141. The summed E-state index contributed by atoms with van der Waals surface area (Å²) in [5, 5.41) is 21.1. The molecule has 4 atom stereocenters. The van der Waals surface area contributed by atoms with Crippen LogP contribution in [0.5, 0.6) is 0 Å². The minimum absolute atomic E-state index is 0. The molecule has 0 fully saturated rings. The summed E-state index contributed by atoms with van der Waals surface area (Å²) in [7, 11) is -3.52. The number of rotatable bonds is 29. The van der Waals surface area contributed by atoms with E-state index in [2.05, 4.69) is 60.4 Å². The van der Waals surface area contributed by atoms with Crippen molar-refractivity contribution in [2.24, 2.45) is 0 Å². The van der Waals surface area contributed by atoms with Crippen molar-refractivity contribution in [1.82, 2.24) is 24.9 Å². The summed E-state index contributed by atoms with van der Waals surface area (Å²) in [5.74, 6) is 0.903. The summed E-state index contributed by atoms with van der Waals surface area (Å²) >= 11 is 12.0. The van der Waals surface area contributed by atoms with Gasteiger partial charge in [0.2, 0.25) is 0 Å². The molecule has 121 heavy (non-hydrogen) atoms. The van der Waals surface area contributed by atoms with Crippen molar-refractivity contribution in [3.8, 4) is 86.9 Å². The number of thiazole rings is 1. The number of thiophene rings is 7. The van der Waals surface area contributed by atoms with Gasteiger partial charge >= 0.3 is 17.9 Å². The van der Waals surface area contributed by atoms with Gasteiger partial charge in [-0.1, -0.05) is 142 Å². The van der Waals surface area contributed by atoms with Gasteiger partial charge in [0.05, 0.1) is 124 Å². The summed E-state index contributed by atoms with van der Waals surface area (Å²) in [6.07, 6.45) is 6.81. The number of aromatic nitrogens is 5. The van der Waals surface area contributed by atoms with E-state index in [-0.39, 0.29) is 32.6 Å². The number of hydrogen-bond acceptors (Lipinski definition) is 28. The first-order chi connectivity index (χ1) is 58.3. The van der Waals surface area contributed by atoms with Crippen LogP contribution in [-0.4, -0.2) is 115 Å². The smallest absolute Gasteiger partial charge is 0.337 e. The summed E-state index contributed by atoms with van der Waals surface area (Å²) < 4.78 is 68.9. The van der Waals surface area contributed by atoms with Crippen LogP contribution >= 0.6 is 90.7 Å². The molecule has 9 N–H and O–H groups in total. The zero-order valence-corrected chi connectivity index (χ0v) is 75.3. The van der Waals surface area contributed by atoms with Gasteiger partial charge < -0.3 is 42.3 Å².